The van der Waals surface area contributed by atoms with Crippen molar-refractivity contribution in [1.82, 2.24) is 0 Å². The van der Waals surface area contributed by atoms with Crippen LogP contribution in [0.1, 0.15) is 6.42 Å². The third kappa shape index (κ3) is 1.21. The van der Waals surface area contributed by atoms with E-state index in [1.165, 1.54) is 0 Å². The molecule has 2 aliphatic heterocycles. The summed E-state index contributed by atoms with van der Waals surface area (Å²) < 4.78 is 5.52. The number of rotatable bonds is 0. The Morgan fingerprint density at radius 1 is 1.33 bits per heavy atom. The van der Waals surface area contributed by atoms with Crippen molar-refractivity contribution in [3.05, 3.63) is 24.3 Å². The van der Waals surface area contributed by atoms with Crippen molar-refractivity contribution in [3.63, 3.8) is 0 Å². The number of para-hydroxylation sites is 2. The summed E-state index contributed by atoms with van der Waals surface area (Å²) >= 11 is 0. The summed E-state index contributed by atoms with van der Waals surface area (Å²) in [5.41, 5.74) is 0.812. The third-order valence-electron chi connectivity index (χ3n) is 2.59. The summed E-state index contributed by atoms with van der Waals surface area (Å²) in [6, 6.07) is 7.55. The fraction of sp³-hybridized carbons (Fsp3) is 0.273. The van der Waals surface area contributed by atoms with Crippen LogP contribution in [0.4, 0.5) is 5.69 Å². The molecule has 0 fully saturated rings. The van der Waals surface area contributed by atoms with E-state index in [4.69, 9.17) is 4.74 Å². The van der Waals surface area contributed by atoms with Crippen molar-refractivity contribution in [2.24, 2.45) is 4.99 Å². The van der Waals surface area contributed by atoms with Crippen LogP contribution in [0.2, 0.25) is 0 Å². The van der Waals surface area contributed by atoms with Crippen LogP contribution in [-0.4, -0.2) is 24.9 Å². The van der Waals surface area contributed by atoms with Gasteiger partial charge in [0.05, 0.1) is 5.69 Å². The van der Waals surface area contributed by atoms with E-state index in [0.717, 1.165) is 17.3 Å². The van der Waals surface area contributed by atoms with Crippen LogP contribution in [0.5, 0.6) is 5.75 Å². The van der Waals surface area contributed by atoms with Gasteiger partial charge < -0.3 is 4.74 Å². The first-order valence-electron chi connectivity index (χ1n) is 4.94. The van der Waals surface area contributed by atoms with E-state index in [1.54, 1.807) is 4.90 Å². The first-order chi connectivity index (χ1) is 7.36. The molecule has 1 aromatic carbocycles. The van der Waals surface area contributed by atoms with Crippen molar-refractivity contribution in [2.75, 3.05) is 18.1 Å². The van der Waals surface area contributed by atoms with Gasteiger partial charge in [0.1, 0.15) is 18.2 Å². The van der Waals surface area contributed by atoms with E-state index in [-0.39, 0.29) is 5.91 Å². The van der Waals surface area contributed by atoms with Crippen molar-refractivity contribution in [3.8, 4) is 5.75 Å². The monoisotopic (exact) mass is 202 g/mol. The van der Waals surface area contributed by atoms with Crippen LogP contribution >= 0.6 is 0 Å². The van der Waals surface area contributed by atoms with Gasteiger partial charge in [-0.05, 0) is 12.1 Å². The molecule has 1 amide bonds. The molecule has 2 heterocycles. The Labute approximate surface area is 87.2 Å². The van der Waals surface area contributed by atoms with Crippen LogP contribution in [0.15, 0.2) is 29.3 Å². The molecule has 76 valence electrons. The second-order valence-electron chi connectivity index (χ2n) is 3.53. The normalized spacial score (nSPS) is 18.8. The molecule has 0 atom stereocenters. The average Bonchev–Trinajstić information content (AvgIpc) is 2.29. The molecule has 4 heteroatoms. The minimum Gasteiger partial charge on any atom is -0.483 e. The maximum absolute atomic E-state index is 11.8. The topological polar surface area (TPSA) is 41.9 Å². The molecule has 0 radical (unpaired) electrons. The number of hydrogen-bond donors (Lipinski definition) is 0. The highest BCUT2D eigenvalue weighted by Gasteiger charge is 2.30. The maximum Gasteiger partial charge on any atom is 0.234 e. The van der Waals surface area contributed by atoms with Crippen molar-refractivity contribution in [2.45, 2.75) is 6.42 Å². The lowest BCUT2D eigenvalue weighted by atomic mass is 10.2. The van der Waals surface area contributed by atoms with Crippen LogP contribution in [0, 0.1) is 0 Å². The van der Waals surface area contributed by atoms with Crippen LogP contribution in [0.3, 0.4) is 0 Å². The number of benzene rings is 1. The molecule has 0 bridgehead atoms. The number of aliphatic imine (C=N–C) groups is 1. The van der Waals surface area contributed by atoms with Gasteiger partial charge in [-0.3, -0.25) is 14.7 Å². The largest absolute Gasteiger partial charge is 0.483 e. The van der Waals surface area contributed by atoms with Gasteiger partial charge in [0.25, 0.3) is 0 Å². The molecule has 0 N–H and O–H groups in total. The molecule has 4 nitrogen and oxygen atoms in total. The number of fused-ring (bicyclic) bond motifs is 3. The van der Waals surface area contributed by atoms with Crippen LogP contribution in [0.25, 0.3) is 0 Å². The Morgan fingerprint density at radius 2 is 2.20 bits per heavy atom. The van der Waals surface area contributed by atoms with Gasteiger partial charge in [0.2, 0.25) is 5.91 Å². The molecule has 0 saturated carbocycles. The number of ether oxygens (including phenoxy) is 1. The molecule has 0 spiro atoms. The Hall–Kier alpha value is -1.84. The molecule has 3 rings (SSSR count). The fourth-order valence-corrected chi connectivity index (χ4v) is 1.90. The lowest BCUT2D eigenvalue weighted by molar-refractivity contribution is -0.117. The van der Waals surface area contributed by atoms with Crippen LogP contribution < -0.4 is 9.64 Å². The minimum atomic E-state index is 0.107. The Kier molecular flexibility index (Phi) is 1.74. The van der Waals surface area contributed by atoms with E-state index < -0.39 is 0 Å². The van der Waals surface area contributed by atoms with Gasteiger partial charge in [-0.25, -0.2) is 0 Å². The molecule has 0 unspecified atom stereocenters. The van der Waals surface area contributed by atoms with Crippen molar-refractivity contribution < 1.29 is 9.53 Å². The quantitative estimate of drug-likeness (QED) is 0.634. The summed E-state index contributed by atoms with van der Waals surface area (Å²) in [6.07, 6.45) is 0.484. The van der Waals surface area contributed by atoms with Gasteiger partial charge in [0.15, 0.2) is 0 Å². The molecule has 0 aliphatic carbocycles. The highest BCUT2D eigenvalue weighted by Crippen LogP contribution is 2.33. The summed E-state index contributed by atoms with van der Waals surface area (Å²) in [4.78, 5) is 17.7. The van der Waals surface area contributed by atoms with Crippen LogP contribution in [-0.2, 0) is 4.79 Å². The standard InChI is InChI=1S/C11H10N2O2/c14-11-5-6-12-10-7-15-9-4-2-1-3-8(9)13(10)11/h1-4H,5-7H2. The molecule has 15 heavy (non-hydrogen) atoms. The van der Waals surface area contributed by atoms with Gasteiger partial charge in [-0.2, -0.15) is 0 Å². The summed E-state index contributed by atoms with van der Waals surface area (Å²) in [7, 11) is 0. The first-order valence-corrected chi connectivity index (χ1v) is 4.94. The minimum absolute atomic E-state index is 0.107. The van der Waals surface area contributed by atoms with E-state index in [0.29, 0.717) is 19.6 Å². The summed E-state index contributed by atoms with van der Waals surface area (Å²) in [5, 5.41) is 0. The lowest BCUT2D eigenvalue weighted by Gasteiger charge is -2.32. The van der Waals surface area contributed by atoms with Crippen molar-refractivity contribution in [1.29, 1.82) is 0 Å². The molecular formula is C11H10N2O2. The maximum atomic E-state index is 11.8. The third-order valence-corrected chi connectivity index (χ3v) is 2.59. The van der Waals surface area contributed by atoms with Crippen molar-refractivity contribution >= 4 is 17.4 Å². The Morgan fingerprint density at radius 3 is 3.13 bits per heavy atom. The Balaban J connectivity index is 2.15. The average molecular weight is 202 g/mol. The number of amidine groups is 1. The SMILES string of the molecule is O=C1CCN=C2COc3ccccc3N12. The van der Waals surface area contributed by atoms with E-state index in [1.807, 2.05) is 24.3 Å². The number of carbonyl (C=O) groups is 1. The van der Waals surface area contributed by atoms with E-state index >= 15 is 0 Å². The second-order valence-corrected chi connectivity index (χ2v) is 3.53. The van der Waals surface area contributed by atoms with Gasteiger partial charge in [-0.1, -0.05) is 12.1 Å². The number of amides is 1. The lowest BCUT2D eigenvalue weighted by Crippen LogP contribution is -2.46. The number of hydrogen-bond acceptors (Lipinski definition) is 3. The highest BCUT2D eigenvalue weighted by molar-refractivity contribution is 6.20. The van der Waals surface area contributed by atoms with Gasteiger partial charge >= 0.3 is 0 Å². The fourth-order valence-electron chi connectivity index (χ4n) is 1.90. The van der Waals surface area contributed by atoms with Gasteiger partial charge in [-0.15, -0.1) is 0 Å². The predicted molar refractivity (Wildman–Crippen MR) is 56.3 cm³/mol. The van der Waals surface area contributed by atoms with E-state index in [9.17, 15) is 4.79 Å². The smallest absolute Gasteiger partial charge is 0.234 e. The Bertz CT molecular complexity index is 454. The molecule has 0 saturated heterocycles. The zero-order valence-electron chi connectivity index (χ0n) is 8.14. The molecular weight excluding hydrogens is 192 g/mol. The second kappa shape index (κ2) is 3.08. The van der Waals surface area contributed by atoms with E-state index in [2.05, 4.69) is 4.99 Å². The zero-order chi connectivity index (χ0) is 10.3. The first kappa shape index (κ1) is 8.47. The molecule has 2 aliphatic rings. The number of anilines is 1. The predicted octanol–water partition coefficient (Wildman–Crippen LogP) is 1.21. The number of nitrogens with zero attached hydrogens (tertiary/aromatic N) is 2. The van der Waals surface area contributed by atoms with Gasteiger partial charge in [0, 0.05) is 13.0 Å². The highest BCUT2D eigenvalue weighted by atomic mass is 16.5. The molecule has 1 aromatic rings. The molecule has 0 aromatic heterocycles. The number of carbonyl (C=O) groups excluding carboxylic acids is 1. The zero-order valence-corrected chi connectivity index (χ0v) is 8.14. The summed E-state index contributed by atoms with van der Waals surface area (Å²) in [5.74, 6) is 1.59. The summed E-state index contributed by atoms with van der Waals surface area (Å²) in [6.45, 7) is 0.971.